The molecule has 2 aromatic carbocycles. The monoisotopic (exact) mass is 495 g/mol. The zero-order valence-corrected chi connectivity index (χ0v) is 20.7. The van der Waals surface area contributed by atoms with Gasteiger partial charge in [-0.25, -0.2) is 0 Å². The molecule has 0 spiro atoms. The molecule has 8 nitrogen and oxygen atoms in total. The van der Waals surface area contributed by atoms with Crippen LogP contribution in [0.5, 0.6) is 29.0 Å². The topological polar surface area (TPSA) is 99.4 Å². The van der Waals surface area contributed by atoms with Crippen LogP contribution in [0.15, 0.2) is 54.6 Å². The number of methoxy groups -OCH3 is 1. The predicted molar refractivity (Wildman–Crippen MR) is 134 cm³/mol. The highest BCUT2D eigenvalue weighted by Crippen LogP contribution is 2.43. The van der Waals surface area contributed by atoms with Gasteiger partial charge < -0.3 is 29.2 Å². The normalized spacial score (nSPS) is 17.5. The molecule has 1 aromatic heterocycles. The smallest absolute Gasteiger partial charge is 0.308 e. The molecule has 0 radical (unpaired) electrons. The summed E-state index contributed by atoms with van der Waals surface area (Å²) in [6, 6.07) is 16.8. The molecule has 3 aromatic rings. The van der Waals surface area contributed by atoms with E-state index < -0.39 is 5.97 Å². The SMILES string of the molecule is COc1ccc(CCO[C@@H]2CCCC[C@H]2n2c(O)cc(OC(C)=O)c2O)cc1OCc1ccccc1. The summed E-state index contributed by atoms with van der Waals surface area (Å²) < 4.78 is 24.2. The molecule has 2 atom stereocenters. The van der Waals surface area contributed by atoms with Crippen molar-refractivity contribution in [2.75, 3.05) is 13.7 Å². The first-order chi connectivity index (χ1) is 17.5. The van der Waals surface area contributed by atoms with Crippen LogP contribution in [0.3, 0.4) is 0 Å². The van der Waals surface area contributed by atoms with E-state index in [2.05, 4.69) is 0 Å². The van der Waals surface area contributed by atoms with E-state index in [1.54, 1.807) is 7.11 Å². The number of aromatic hydroxyl groups is 2. The Morgan fingerprint density at radius 2 is 1.75 bits per heavy atom. The van der Waals surface area contributed by atoms with Gasteiger partial charge in [-0.05, 0) is 42.5 Å². The standard InChI is InChI=1S/C28H33NO7/c1-19(30)36-26-17-27(31)29(28(26)32)22-10-6-7-11-23(22)34-15-14-20-12-13-24(33-2)25(16-20)35-18-21-8-4-3-5-9-21/h3-5,8-9,12-13,16-17,22-23,31-32H,6-7,10-11,14-15,18H2,1-2H3/t22-,23-/m1/s1. The molecule has 192 valence electrons. The maximum atomic E-state index is 11.3. The number of aromatic nitrogens is 1. The lowest BCUT2D eigenvalue weighted by molar-refractivity contribution is -0.132. The van der Waals surface area contributed by atoms with Gasteiger partial charge in [0, 0.05) is 13.0 Å². The van der Waals surface area contributed by atoms with Gasteiger partial charge in [0.15, 0.2) is 23.1 Å². The van der Waals surface area contributed by atoms with E-state index in [1.165, 1.54) is 17.6 Å². The third kappa shape index (κ3) is 6.12. The molecule has 1 fully saturated rings. The molecule has 0 bridgehead atoms. The first-order valence-electron chi connectivity index (χ1n) is 12.2. The lowest BCUT2D eigenvalue weighted by Gasteiger charge is -2.33. The second-order valence-corrected chi connectivity index (χ2v) is 8.92. The van der Waals surface area contributed by atoms with E-state index in [0.29, 0.717) is 31.1 Å². The van der Waals surface area contributed by atoms with Gasteiger partial charge in [0.1, 0.15) is 6.61 Å². The number of esters is 1. The molecule has 1 saturated carbocycles. The van der Waals surface area contributed by atoms with Crippen LogP contribution in [0.2, 0.25) is 0 Å². The van der Waals surface area contributed by atoms with Gasteiger partial charge in [-0.1, -0.05) is 49.2 Å². The molecule has 0 amide bonds. The summed E-state index contributed by atoms with van der Waals surface area (Å²) in [6.07, 6.45) is 3.96. The van der Waals surface area contributed by atoms with Crippen LogP contribution in [0.4, 0.5) is 0 Å². The van der Waals surface area contributed by atoms with E-state index in [4.69, 9.17) is 18.9 Å². The summed E-state index contributed by atoms with van der Waals surface area (Å²) in [5, 5.41) is 21.0. The Morgan fingerprint density at radius 1 is 0.972 bits per heavy atom. The van der Waals surface area contributed by atoms with Crippen molar-refractivity contribution in [2.24, 2.45) is 0 Å². The maximum absolute atomic E-state index is 11.3. The molecule has 0 aliphatic heterocycles. The van der Waals surface area contributed by atoms with E-state index in [0.717, 1.165) is 36.8 Å². The minimum atomic E-state index is -0.564. The average molecular weight is 496 g/mol. The first kappa shape index (κ1) is 25.4. The Morgan fingerprint density at radius 3 is 2.50 bits per heavy atom. The lowest BCUT2D eigenvalue weighted by atomic mass is 9.92. The van der Waals surface area contributed by atoms with Gasteiger partial charge in [0.25, 0.3) is 0 Å². The lowest BCUT2D eigenvalue weighted by Crippen LogP contribution is -2.30. The molecule has 4 rings (SSSR count). The molecule has 2 N–H and O–H groups in total. The number of nitrogens with zero attached hydrogens (tertiary/aromatic N) is 1. The van der Waals surface area contributed by atoms with E-state index in [-0.39, 0.29) is 29.7 Å². The minimum Gasteiger partial charge on any atom is -0.494 e. The van der Waals surface area contributed by atoms with Crippen molar-refractivity contribution in [3.63, 3.8) is 0 Å². The van der Waals surface area contributed by atoms with E-state index in [9.17, 15) is 15.0 Å². The Labute approximate surface area is 211 Å². The molecule has 36 heavy (non-hydrogen) atoms. The minimum absolute atomic E-state index is 0.0504. The molecule has 1 heterocycles. The van der Waals surface area contributed by atoms with Gasteiger partial charge in [0.2, 0.25) is 5.88 Å². The van der Waals surface area contributed by atoms with Crippen LogP contribution in [-0.2, 0) is 22.6 Å². The second kappa shape index (κ2) is 11.9. The van der Waals surface area contributed by atoms with Crippen molar-refractivity contribution >= 4 is 5.97 Å². The zero-order valence-electron chi connectivity index (χ0n) is 20.7. The van der Waals surface area contributed by atoms with Crippen LogP contribution in [-0.4, -0.2) is 40.6 Å². The van der Waals surface area contributed by atoms with Crippen molar-refractivity contribution in [3.05, 3.63) is 65.7 Å². The molecule has 0 saturated heterocycles. The molecular formula is C28H33NO7. The van der Waals surface area contributed by atoms with Crippen molar-refractivity contribution < 1.29 is 34.0 Å². The average Bonchev–Trinajstić information content (AvgIpc) is 3.15. The number of carbonyl (C=O) groups excluding carboxylic acids is 1. The van der Waals surface area contributed by atoms with Gasteiger partial charge in [-0.3, -0.25) is 9.36 Å². The Balaban J connectivity index is 1.40. The molecule has 1 aliphatic carbocycles. The highest BCUT2D eigenvalue weighted by atomic mass is 16.5. The Kier molecular flexibility index (Phi) is 8.38. The van der Waals surface area contributed by atoms with Crippen molar-refractivity contribution in [3.8, 4) is 29.0 Å². The van der Waals surface area contributed by atoms with Crippen molar-refractivity contribution in [2.45, 2.75) is 57.8 Å². The largest absolute Gasteiger partial charge is 0.494 e. The fourth-order valence-electron chi connectivity index (χ4n) is 4.66. The van der Waals surface area contributed by atoms with Gasteiger partial charge in [-0.2, -0.15) is 0 Å². The second-order valence-electron chi connectivity index (χ2n) is 8.92. The predicted octanol–water partition coefficient (Wildman–Crippen LogP) is 5.16. The maximum Gasteiger partial charge on any atom is 0.308 e. The zero-order chi connectivity index (χ0) is 25.5. The van der Waals surface area contributed by atoms with Gasteiger partial charge in [-0.15, -0.1) is 0 Å². The van der Waals surface area contributed by atoms with Crippen LogP contribution in [0.25, 0.3) is 0 Å². The van der Waals surface area contributed by atoms with Crippen LogP contribution < -0.4 is 14.2 Å². The summed E-state index contributed by atoms with van der Waals surface area (Å²) in [4.78, 5) is 11.3. The quantitative estimate of drug-likeness (QED) is 0.375. The van der Waals surface area contributed by atoms with Gasteiger partial charge >= 0.3 is 5.97 Å². The molecule has 8 heteroatoms. The van der Waals surface area contributed by atoms with Crippen LogP contribution in [0.1, 0.15) is 49.8 Å². The van der Waals surface area contributed by atoms with Crippen molar-refractivity contribution in [1.29, 1.82) is 0 Å². The number of carbonyl (C=O) groups is 1. The Hall–Kier alpha value is -3.65. The summed E-state index contributed by atoms with van der Waals surface area (Å²) in [7, 11) is 1.62. The van der Waals surface area contributed by atoms with Crippen molar-refractivity contribution in [1.82, 2.24) is 4.57 Å². The number of hydrogen-bond acceptors (Lipinski definition) is 7. The number of rotatable bonds is 10. The molecule has 0 unspecified atom stereocenters. The number of benzene rings is 2. The fourth-order valence-corrected chi connectivity index (χ4v) is 4.66. The first-order valence-corrected chi connectivity index (χ1v) is 12.2. The summed E-state index contributed by atoms with van der Waals surface area (Å²) in [5.74, 6) is 0.314. The highest BCUT2D eigenvalue weighted by molar-refractivity contribution is 5.70. The number of hydrogen-bond donors (Lipinski definition) is 2. The number of ether oxygens (including phenoxy) is 4. The summed E-state index contributed by atoms with van der Waals surface area (Å²) in [5.41, 5.74) is 2.13. The van der Waals surface area contributed by atoms with E-state index >= 15 is 0 Å². The van der Waals surface area contributed by atoms with E-state index in [1.807, 2.05) is 48.5 Å². The molecular weight excluding hydrogens is 462 g/mol. The van der Waals surface area contributed by atoms with Crippen LogP contribution >= 0.6 is 0 Å². The highest BCUT2D eigenvalue weighted by Gasteiger charge is 2.32. The fraction of sp³-hybridized carbons (Fsp3) is 0.393. The Bertz CT molecular complexity index is 1160. The van der Waals surface area contributed by atoms with Crippen LogP contribution in [0, 0.1) is 0 Å². The molecule has 1 aliphatic rings. The third-order valence-corrected chi connectivity index (χ3v) is 6.40. The van der Waals surface area contributed by atoms with Gasteiger partial charge in [0.05, 0.1) is 25.9 Å². The summed E-state index contributed by atoms with van der Waals surface area (Å²) in [6.45, 7) is 2.16. The third-order valence-electron chi connectivity index (χ3n) is 6.40. The summed E-state index contributed by atoms with van der Waals surface area (Å²) >= 11 is 0.